The SMILES string of the molecule is OCC1CCC2(CC1)CCN2Cc1cn(-c2cccc(Cl)c2Cl)nn1. The number of halogens is 2. The van der Waals surface area contributed by atoms with Crippen LogP contribution in [0.25, 0.3) is 5.69 Å². The van der Waals surface area contributed by atoms with Gasteiger partial charge in [-0.15, -0.1) is 5.10 Å². The second kappa shape index (κ2) is 6.88. The molecule has 2 heterocycles. The molecule has 0 amide bonds. The molecule has 25 heavy (non-hydrogen) atoms. The third-order valence-electron chi connectivity index (χ3n) is 5.88. The Morgan fingerprint density at radius 2 is 2.00 bits per heavy atom. The summed E-state index contributed by atoms with van der Waals surface area (Å²) in [6.07, 6.45) is 7.77. The highest BCUT2D eigenvalue weighted by Gasteiger charge is 2.46. The van der Waals surface area contributed by atoms with Crippen LogP contribution < -0.4 is 0 Å². The van der Waals surface area contributed by atoms with Crippen molar-refractivity contribution in [3.05, 3.63) is 40.1 Å². The molecule has 134 valence electrons. The fourth-order valence-corrected chi connectivity index (χ4v) is 4.53. The van der Waals surface area contributed by atoms with Gasteiger partial charge in [-0.1, -0.05) is 34.5 Å². The van der Waals surface area contributed by atoms with E-state index in [-0.39, 0.29) is 0 Å². The Morgan fingerprint density at radius 3 is 2.68 bits per heavy atom. The molecule has 0 unspecified atom stereocenters. The van der Waals surface area contributed by atoms with Crippen molar-refractivity contribution in [3.8, 4) is 5.69 Å². The van der Waals surface area contributed by atoms with Crippen LogP contribution in [0.4, 0.5) is 0 Å². The molecule has 1 aliphatic carbocycles. The second-order valence-corrected chi connectivity index (χ2v) is 8.03. The summed E-state index contributed by atoms with van der Waals surface area (Å²) >= 11 is 12.4. The van der Waals surface area contributed by atoms with Crippen molar-refractivity contribution < 1.29 is 5.11 Å². The lowest BCUT2D eigenvalue weighted by Crippen LogP contribution is -2.60. The number of hydrogen-bond acceptors (Lipinski definition) is 4. The standard InChI is InChI=1S/C18H22Cl2N4O/c19-15-2-1-3-16(17(15)20)24-11-14(21-22-24)10-23-9-8-18(23)6-4-13(12-25)5-7-18/h1-3,11,13,25H,4-10,12H2. The van der Waals surface area contributed by atoms with Crippen LogP contribution in [0.3, 0.4) is 0 Å². The molecule has 1 aromatic heterocycles. The average molecular weight is 381 g/mol. The number of aliphatic hydroxyl groups excluding tert-OH is 1. The van der Waals surface area contributed by atoms with E-state index in [2.05, 4.69) is 15.2 Å². The fraction of sp³-hybridized carbons (Fsp3) is 0.556. The number of nitrogens with zero attached hydrogens (tertiary/aromatic N) is 4. The van der Waals surface area contributed by atoms with Gasteiger partial charge in [0.15, 0.2) is 0 Å². The number of rotatable bonds is 4. The van der Waals surface area contributed by atoms with Crippen LogP contribution in [-0.2, 0) is 6.54 Å². The normalized spacial score (nSPS) is 26.8. The molecule has 4 rings (SSSR count). The lowest BCUT2D eigenvalue weighted by Gasteiger charge is -2.56. The zero-order chi connectivity index (χ0) is 17.4. The molecule has 0 bridgehead atoms. The van der Waals surface area contributed by atoms with E-state index in [0.717, 1.165) is 37.3 Å². The molecular weight excluding hydrogens is 359 g/mol. The van der Waals surface area contributed by atoms with Crippen LogP contribution >= 0.6 is 23.2 Å². The topological polar surface area (TPSA) is 54.2 Å². The zero-order valence-electron chi connectivity index (χ0n) is 14.0. The smallest absolute Gasteiger partial charge is 0.0972 e. The molecule has 0 radical (unpaired) electrons. The van der Waals surface area contributed by atoms with Crippen molar-refractivity contribution in [1.29, 1.82) is 0 Å². The van der Waals surface area contributed by atoms with Crippen LogP contribution in [0.15, 0.2) is 24.4 Å². The molecule has 1 N–H and O–H groups in total. The molecule has 1 aliphatic heterocycles. The molecule has 2 aromatic rings. The van der Waals surface area contributed by atoms with E-state index in [1.54, 1.807) is 10.7 Å². The van der Waals surface area contributed by atoms with Gasteiger partial charge in [0.05, 0.1) is 27.6 Å². The third kappa shape index (κ3) is 3.19. The predicted octanol–water partition coefficient (Wildman–Crippen LogP) is 3.70. The monoisotopic (exact) mass is 380 g/mol. The van der Waals surface area contributed by atoms with E-state index in [1.807, 2.05) is 18.3 Å². The summed E-state index contributed by atoms with van der Waals surface area (Å²) in [6.45, 7) is 2.24. The van der Waals surface area contributed by atoms with Crippen molar-refractivity contribution >= 4 is 23.2 Å². The van der Waals surface area contributed by atoms with Crippen molar-refractivity contribution in [3.63, 3.8) is 0 Å². The highest BCUT2D eigenvalue weighted by molar-refractivity contribution is 6.43. The van der Waals surface area contributed by atoms with E-state index in [1.165, 1.54) is 19.3 Å². The van der Waals surface area contributed by atoms with Crippen molar-refractivity contribution in [2.75, 3.05) is 13.2 Å². The van der Waals surface area contributed by atoms with E-state index in [4.69, 9.17) is 23.2 Å². The Kier molecular flexibility index (Phi) is 4.75. The first-order valence-corrected chi connectivity index (χ1v) is 9.58. The maximum atomic E-state index is 9.35. The summed E-state index contributed by atoms with van der Waals surface area (Å²) in [5.74, 6) is 0.485. The maximum absolute atomic E-state index is 9.35. The number of hydrogen-bond donors (Lipinski definition) is 1. The third-order valence-corrected chi connectivity index (χ3v) is 6.69. The molecule has 1 saturated heterocycles. The highest BCUT2D eigenvalue weighted by atomic mass is 35.5. The summed E-state index contributed by atoms with van der Waals surface area (Å²) in [4.78, 5) is 2.52. The number of aliphatic hydroxyl groups is 1. The van der Waals surface area contributed by atoms with Crippen LogP contribution in [0, 0.1) is 5.92 Å². The van der Waals surface area contributed by atoms with Gasteiger partial charge < -0.3 is 5.11 Å². The van der Waals surface area contributed by atoms with Crippen LogP contribution in [0.1, 0.15) is 37.8 Å². The lowest BCUT2D eigenvalue weighted by molar-refractivity contribution is -0.0622. The van der Waals surface area contributed by atoms with E-state index < -0.39 is 0 Å². The first-order valence-electron chi connectivity index (χ1n) is 8.83. The van der Waals surface area contributed by atoms with Gasteiger partial charge in [-0.05, 0) is 50.2 Å². The average Bonchev–Trinajstić information content (AvgIpc) is 3.10. The zero-order valence-corrected chi connectivity index (χ0v) is 15.5. The summed E-state index contributed by atoms with van der Waals surface area (Å²) in [6, 6.07) is 5.50. The van der Waals surface area contributed by atoms with Crippen LogP contribution in [0.5, 0.6) is 0 Å². The lowest BCUT2D eigenvalue weighted by atomic mass is 9.69. The molecule has 7 heteroatoms. The van der Waals surface area contributed by atoms with Crippen molar-refractivity contribution in [2.24, 2.45) is 5.92 Å². The Balaban J connectivity index is 1.46. The minimum Gasteiger partial charge on any atom is -0.396 e. The molecule has 2 fully saturated rings. The summed E-state index contributed by atoms with van der Waals surface area (Å²) < 4.78 is 1.69. The van der Waals surface area contributed by atoms with Crippen LogP contribution in [0.2, 0.25) is 10.0 Å². The summed E-state index contributed by atoms with van der Waals surface area (Å²) in [7, 11) is 0. The molecule has 5 nitrogen and oxygen atoms in total. The summed E-state index contributed by atoms with van der Waals surface area (Å²) in [5.41, 5.74) is 2.00. The predicted molar refractivity (Wildman–Crippen MR) is 98.2 cm³/mol. The van der Waals surface area contributed by atoms with Crippen LogP contribution in [-0.4, -0.2) is 43.7 Å². The number of aromatic nitrogens is 3. The molecule has 1 saturated carbocycles. The molecule has 2 aliphatic rings. The van der Waals surface area contributed by atoms with Gasteiger partial charge in [0.1, 0.15) is 0 Å². The quantitative estimate of drug-likeness (QED) is 0.878. The van der Waals surface area contributed by atoms with Crippen molar-refractivity contribution in [2.45, 2.75) is 44.2 Å². The highest BCUT2D eigenvalue weighted by Crippen LogP contribution is 2.45. The Labute approximate surface area is 157 Å². The first-order chi connectivity index (χ1) is 12.1. The van der Waals surface area contributed by atoms with Gasteiger partial charge >= 0.3 is 0 Å². The second-order valence-electron chi connectivity index (χ2n) is 7.25. The largest absolute Gasteiger partial charge is 0.396 e. The van der Waals surface area contributed by atoms with Gasteiger partial charge in [-0.2, -0.15) is 0 Å². The van der Waals surface area contributed by atoms with E-state index in [9.17, 15) is 5.11 Å². The van der Waals surface area contributed by atoms with Gasteiger partial charge in [0, 0.05) is 25.2 Å². The first kappa shape index (κ1) is 17.3. The number of likely N-dealkylation sites (tertiary alicyclic amines) is 1. The fourth-order valence-electron chi connectivity index (χ4n) is 4.15. The summed E-state index contributed by atoms with van der Waals surface area (Å²) in [5, 5.41) is 18.9. The molecule has 1 spiro atoms. The van der Waals surface area contributed by atoms with Gasteiger partial charge in [0.25, 0.3) is 0 Å². The molecule has 0 atom stereocenters. The minimum absolute atomic E-state index is 0.309. The Hall–Kier alpha value is -1.14. The Morgan fingerprint density at radius 1 is 1.20 bits per heavy atom. The van der Waals surface area contributed by atoms with Gasteiger partial charge in [-0.25, -0.2) is 4.68 Å². The van der Waals surface area contributed by atoms with E-state index >= 15 is 0 Å². The van der Waals surface area contributed by atoms with Gasteiger partial charge in [0.2, 0.25) is 0 Å². The number of benzene rings is 1. The van der Waals surface area contributed by atoms with E-state index in [0.29, 0.717) is 28.1 Å². The molecular formula is C18H22Cl2N4O. The Bertz CT molecular complexity index is 755. The molecule has 1 aromatic carbocycles. The minimum atomic E-state index is 0.309. The van der Waals surface area contributed by atoms with Crippen molar-refractivity contribution in [1.82, 2.24) is 19.9 Å². The van der Waals surface area contributed by atoms with Gasteiger partial charge in [-0.3, -0.25) is 4.90 Å². The maximum Gasteiger partial charge on any atom is 0.0972 e.